The lowest BCUT2D eigenvalue weighted by Gasteiger charge is -2.26. The number of ether oxygens (including phenoxy) is 2. The third-order valence-corrected chi connectivity index (χ3v) is 3.62. The predicted octanol–water partition coefficient (Wildman–Crippen LogP) is 4.19. The Morgan fingerprint density at radius 2 is 1.79 bits per heavy atom. The second kappa shape index (κ2) is 12.0. The number of carbonyl (C=O) groups excluding carboxylic acids is 2. The molecule has 2 amide bonds. The van der Waals surface area contributed by atoms with Crippen LogP contribution in [0.4, 0.5) is 9.59 Å². The molecule has 0 saturated carbocycles. The second-order valence-corrected chi connectivity index (χ2v) is 7.15. The first-order valence-electron chi connectivity index (χ1n) is 9.04. The Hall–Kier alpha value is -1.46. The summed E-state index contributed by atoms with van der Waals surface area (Å²) in [5, 5.41) is 2.62. The molecule has 1 atom stereocenters. The molecule has 0 radical (unpaired) electrons. The van der Waals surface area contributed by atoms with Gasteiger partial charge in [0.2, 0.25) is 0 Å². The molecule has 0 aliphatic rings. The Morgan fingerprint density at radius 1 is 1.12 bits per heavy atom. The molecule has 0 saturated heterocycles. The largest absolute Gasteiger partial charge is 0.450 e. The van der Waals surface area contributed by atoms with Gasteiger partial charge in [-0.25, -0.2) is 9.59 Å². The fourth-order valence-electron chi connectivity index (χ4n) is 2.25. The van der Waals surface area contributed by atoms with Gasteiger partial charge < -0.3 is 19.7 Å². The van der Waals surface area contributed by atoms with E-state index in [1.807, 2.05) is 27.7 Å². The van der Waals surface area contributed by atoms with Crippen molar-refractivity contribution in [2.45, 2.75) is 72.3 Å². The first-order valence-corrected chi connectivity index (χ1v) is 9.04. The molecule has 0 aliphatic carbocycles. The third-order valence-electron chi connectivity index (χ3n) is 3.62. The molecule has 0 fully saturated rings. The van der Waals surface area contributed by atoms with E-state index in [0.29, 0.717) is 25.6 Å². The first-order chi connectivity index (χ1) is 11.2. The van der Waals surface area contributed by atoms with Gasteiger partial charge in [-0.2, -0.15) is 0 Å². The van der Waals surface area contributed by atoms with E-state index in [0.717, 1.165) is 32.1 Å². The van der Waals surface area contributed by atoms with Crippen LogP contribution in [0.1, 0.15) is 66.7 Å². The van der Waals surface area contributed by atoms with Crippen LogP contribution in [-0.2, 0) is 9.47 Å². The van der Waals surface area contributed by atoms with Crippen molar-refractivity contribution in [1.29, 1.82) is 0 Å². The Kier molecular flexibility index (Phi) is 11.3. The number of unbranched alkanes of at least 4 members (excludes halogenated alkanes) is 1. The molecular formula is C18H36N2O4. The molecular weight excluding hydrogens is 308 g/mol. The van der Waals surface area contributed by atoms with Crippen LogP contribution in [0.2, 0.25) is 0 Å². The van der Waals surface area contributed by atoms with Crippen molar-refractivity contribution in [3.8, 4) is 0 Å². The summed E-state index contributed by atoms with van der Waals surface area (Å²) < 4.78 is 10.5. The summed E-state index contributed by atoms with van der Waals surface area (Å²) in [6.07, 6.45) is 4.40. The summed E-state index contributed by atoms with van der Waals surface area (Å²) in [6, 6.07) is 0. The lowest BCUT2D eigenvalue weighted by atomic mass is 9.95. The molecule has 6 heteroatoms. The molecule has 6 nitrogen and oxygen atoms in total. The van der Waals surface area contributed by atoms with Crippen molar-refractivity contribution in [2.24, 2.45) is 5.92 Å². The fraction of sp³-hybridized carbons (Fsp3) is 0.889. The van der Waals surface area contributed by atoms with E-state index in [1.54, 1.807) is 11.9 Å². The number of amides is 2. The van der Waals surface area contributed by atoms with E-state index < -0.39 is 5.60 Å². The monoisotopic (exact) mass is 344 g/mol. The molecule has 0 bridgehead atoms. The van der Waals surface area contributed by atoms with E-state index in [9.17, 15) is 9.59 Å². The minimum Gasteiger partial charge on any atom is -0.450 e. The van der Waals surface area contributed by atoms with Crippen molar-refractivity contribution in [3.63, 3.8) is 0 Å². The zero-order valence-electron chi connectivity index (χ0n) is 16.3. The molecule has 0 aromatic rings. The van der Waals surface area contributed by atoms with Crippen LogP contribution in [0.15, 0.2) is 0 Å². The lowest BCUT2D eigenvalue weighted by molar-refractivity contribution is 0.0288. The van der Waals surface area contributed by atoms with Gasteiger partial charge in [-0.1, -0.05) is 26.2 Å². The van der Waals surface area contributed by atoms with Gasteiger partial charge >= 0.3 is 12.2 Å². The first kappa shape index (κ1) is 22.5. The highest BCUT2D eigenvalue weighted by Gasteiger charge is 2.20. The smallest absolute Gasteiger partial charge is 0.410 e. The van der Waals surface area contributed by atoms with Gasteiger partial charge in [-0.3, -0.25) is 0 Å². The second-order valence-electron chi connectivity index (χ2n) is 7.15. The number of rotatable bonds is 10. The van der Waals surface area contributed by atoms with Crippen molar-refractivity contribution >= 4 is 12.2 Å². The van der Waals surface area contributed by atoms with Crippen molar-refractivity contribution < 1.29 is 19.1 Å². The van der Waals surface area contributed by atoms with Crippen LogP contribution < -0.4 is 5.32 Å². The van der Waals surface area contributed by atoms with Gasteiger partial charge in [-0.15, -0.1) is 0 Å². The normalized spacial score (nSPS) is 12.4. The average molecular weight is 344 g/mol. The summed E-state index contributed by atoms with van der Waals surface area (Å²) in [5.41, 5.74) is -0.479. The summed E-state index contributed by atoms with van der Waals surface area (Å²) in [7, 11) is 1.76. The minimum absolute atomic E-state index is 0.296. The van der Waals surface area contributed by atoms with Crippen molar-refractivity contribution in [1.82, 2.24) is 10.2 Å². The molecule has 1 unspecified atom stereocenters. The van der Waals surface area contributed by atoms with Crippen LogP contribution in [-0.4, -0.2) is 49.4 Å². The highest BCUT2D eigenvalue weighted by Crippen LogP contribution is 2.18. The predicted molar refractivity (Wildman–Crippen MR) is 96.1 cm³/mol. The Morgan fingerprint density at radius 3 is 2.33 bits per heavy atom. The van der Waals surface area contributed by atoms with Gasteiger partial charge in [-0.05, 0) is 46.5 Å². The fourth-order valence-corrected chi connectivity index (χ4v) is 2.25. The lowest BCUT2D eigenvalue weighted by Crippen LogP contribution is -2.35. The van der Waals surface area contributed by atoms with E-state index in [-0.39, 0.29) is 12.2 Å². The quantitative estimate of drug-likeness (QED) is 0.645. The van der Waals surface area contributed by atoms with Crippen molar-refractivity contribution in [2.75, 3.05) is 26.7 Å². The van der Waals surface area contributed by atoms with Gasteiger partial charge in [0, 0.05) is 20.1 Å². The number of hydrogen-bond acceptors (Lipinski definition) is 4. The Balaban J connectivity index is 4.26. The number of nitrogens with zero attached hydrogens (tertiary/aromatic N) is 1. The Labute approximate surface area is 147 Å². The van der Waals surface area contributed by atoms with E-state index >= 15 is 0 Å². The van der Waals surface area contributed by atoms with Gasteiger partial charge in [0.1, 0.15) is 5.60 Å². The van der Waals surface area contributed by atoms with Crippen LogP contribution in [0, 0.1) is 5.92 Å². The topological polar surface area (TPSA) is 67.9 Å². The number of carbonyl (C=O) groups is 2. The Bertz CT molecular complexity index is 367. The van der Waals surface area contributed by atoms with Crippen LogP contribution in [0.3, 0.4) is 0 Å². The molecule has 0 aliphatic heterocycles. The molecule has 0 aromatic heterocycles. The van der Waals surface area contributed by atoms with E-state index in [4.69, 9.17) is 9.47 Å². The maximum Gasteiger partial charge on any atom is 0.410 e. The van der Waals surface area contributed by atoms with E-state index in [1.165, 1.54) is 0 Å². The molecule has 0 spiro atoms. The van der Waals surface area contributed by atoms with Crippen LogP contribution in [0.5, 0.6) is 0 Å². The molecule has 0 rings (SSSR count). The number of alkyl carbamates (subject to hydrolysis) is 1. The molecule has 1 N–H and O–H groups in total. The molecule has 24 heavy (non-hydrogen) atoms. The SMILES string of the molecule is CCCCC(CCOC(=O)NCC)CCN(C)C(=O)OC(C)(C)C. The molecule has 0 aromatic carbocycles. The molecule has 0 heterocycles. The van der Waals surface area contributed by atoms with Crippen LogP contribution in [0.25, 0.3) is 0 Å². The van der Waals surface area contributed by atoms with Gasteiger partial charge in [0.25, 0.3) is 0 Å². The third kappa shape index (κ3) is 12.0. The zero-order valence-corrected chi connectivity index (χ0v) is 16.3. The maximum atomic E-state index is 12.0. The summed E-state index contributed by atoms with van der Waals surface area (Å²) in [5.74, 6) is 0.435. The van der Waals surface area contributed by atoms with Gasteiger partial charge in [0.15, 0.2) is 0 Å². The zero-order chi connectivity index (χ0) is 18.6. The van der Waals surface area contributed by atoms with Crippen LogP contribution >= 0.6 is 0 Å². The maximum absolute atomic E-state index is 12.0. The standard InChI is InChI=1S/C18H36N2O4/c1-7-9-10-15(12-14-23-16(21)19-8-2)11-13-20(6)17(22)24-18(3,4)5/h15H,7-14H2,1-6H3,(H,19,21). The summed E-state index contributed by atoms with van der Waals surface area (Å²) in [6.45, 7) is 11.2. The number of nitrogens with one attached hydrogen (secondary N) is 1. The highest BCUT2D eigenvalue weighted by molar-refractivity contribution is 5.67. The minimum atomic E-state index is -0.479. The summed E-state index contributed by atoms with van der Waals surface area (Å²) >= 11 is 0. The number of hydrogen-bond donors (Lipinski definition) is 1. The van der Waals surface area contributed by atoms with E-state index in [2.05, 4.69) is 12.2 Å². The summed E-state index contributed by atoms with van der Waals surface area (Å²) in [4.78, 5) is 24.9. The molecule has 142 valence electrons. The van der Waals surface area contributed by atoms with Gasteiger partial charge in [0.05, 0.1) is 6.61 Å². The highest BCUT2D eigenvalue weighted by atomic mass is 16.6. The van der Waals surface area contributed by atoms with Crippen molar-refractivity contribution in [3.05, 3.63) is 0 Å². The average Bonchev–Trinajstić information content (AvgIpc) is 2.47.